The van der Waals surface area contributed by atoms with Crippen LogP contribution < -0.4 is 5.32 Å². The van der Waals surface area contributed by atoms with E-state index < -0.39 is 11.4 Å². The van der Waals surface area contributed by atoms with Crippen LogP contribution in [0.15, 0.2) is 35.2 Å². The van der Waals surface area contributed by atoms with Crippen LogP contribution in [0.2, 0.25) is 0 Å². The number of carboxylic acid groups (broad SMARTS) is 1. The van der Waals surface area contributed by atoms with Gasteiger partial charge in [0.05, 0.1) is 17.6 Å². The minimum Gasteiger partial charge on any atom is -0.481 e. The summed E-state index contributed by atoms with van der Waals surface area (Å²) in [5.41, 5.74) is 4.10. The molecular formula is C19H25N3O3S. The lowest BCUT2D eigenvalue weighted by atomic mass is 9.85. The highest BCUT2D eigenvalue weighted by molar-refractivity contribution is 7.07. The highest BCUT2D eigenvalue weighted by Gasteiger charge is 2.25. The topological polar surface area (TPSA) is 82.5 Å². The molecule has 0 aliphatic carbocycles. The predicted octanol–water partition coefficient (Wildman–Crippen LogP) is 3.60. The third kappa shape index (κ3) is 6.93. The van der Waals surface area contributed by atoms with Crippen LogP contribution in [-0.4, -0.2) is 33.9 Å². The van der Waals surface area contributed by atoms with Gasteiger partial charge in [-0.05, 0) is 30.2 Å². The molecule has 0 unspecified atom stereocenters. The molecule has 0 atom stereocenters. The van der Waals surface area contributed by atoms with Gasteiger partial charge in [0, 0.05) is 30.6 Å². The molecule has 1 amide bonds. The number of carboxylic acids is 1. The molecule has 140 valence electrons. The molecular weight excluding hydrogens is 350 g/mol. The molecule has 1 aromatic carbocycles. The lowest BCUT2D eigenvalue weighted by Crippen LogP contribution is -2.25. The summed E-state index contributed by atoms with van der Waals surface area (Å²) >= 11 is 1.58. The number of rotatable bonds is 9. The summed E-state index contributed by atoms with van der Waals surface area (Å²) < 4.78 is 0. The van der Waals surface area contributed by atoms with E-state index in [-0.39, 0.29) is 18.7 Å². The van der Waals surface area contributed by atoms with Gasteiger partial charge in [-0.2, -0.15) is 0 Å². The molecule has 0 radical (unpaired) electrons. The number of aliphatic carboxylic acids is 1. The smallest absolute Gasteiger partial charge is 0.303 e. The van der Waals surface area contributed by atoms with Crippen molar-refractivity contribution in [3.8, 4) is 0 Å². The molecule has 1 heterocycles. The summed E-state index contributed by atoms with van der Waals surface area (Å²) in [5, 5.41) is 13.8. The second-order valence-corrected chi connectivity index (χ2v) is 8.03. The van der Waals surface area contributed by atoms with Crippen molar-refractivity contribution in [1.29, 1.82) is 0 Å². The first-order valence-electron chi connectivity index (χ1n) is 8.40. The monoisotopic (exact) mass is 375 g/mol. The maximum atomic E-state index is 12.2. The molecule has 6 nitrogen and oxygen atoms in total. The number of hydrogen-bond donors (Lipinski definition) is 2. The van der Waals surface area contributed by atoms with E-state index >= 15 is 0 Å². The Labute approximate surface area is 157 Å². The fourth-order valence-electron chi connectivity index (χ4n) is 2.82. The van der Waals surface area contributed by atoms with E-state index in [0.717, 1.165) is 30.0 Å². The van der Waals surface area contributed by atoms with Crippen LogP contribution in [0, 0.1) is 5.41 Å². The fourth-order valence-corrected chi connectivity index (χ4v) is 3.37. The summed E-state index contributed by atoms with van der Waals surface area (Å²) in [7, 11) is 2.03. The quantitative estimate of drug-likeness (QED) is 0.700. The summed E-state index contributed by atoms with van der Waals surface area (Å²) in [5.74, 6) is -1.07. The standard InChI is InChI=1S/C19H25N3O3S/c1-19(2,9-18(24)25)8-17(23)21-15-6-4-5-14(7-15)10-22(3)11-16-12-26-13-20-16/h4-7,12-13H,8-11H2,1-3H3,(H,21,23)(H,24,25). The number of benzene rings is 1. The molecule has 0 fully saturated rings. The number of amides is 1. The number of hydrogen-bond acceptors (Lipinski definition) is 5. The first-order valence-corrected chi connectivity index (χ1v) is 9.34. The van der Waals surface area contributed by atoms with Crippen LogP contribution in [0.5, 0.6) is 0 Å². The summed E-state index contributed by atoms with van der Waals surface area (Å²) in [4.78, 5) is 29.6. The Balaban J connectivity index is 1.91. The van der Waals surface area contributed by atoms with Crippen molar-refractivity contribution < 1.29 is 14.7 Å². The Hall–Kier alpha value is -2.25. The van der Waals surface area contributed by atoms with Gasteiger partial charge in [0.15, 0.2) is 0 Å². The molecule has 2 N–H and O–H groups in total. The van der Waals surface area contributed by atoms with Crippen LogP contribution >= 0.6 is 11.3 Å². The number of anilines is 1. The van der Waals surface area contributed by atoms with Crippen molar-refractivity contribution in [2.45, 2.75) is 39.8 Å². The van der Waals surface area contributed by atoms with Gasteiger partial charge in [-0.1, -0.05) is 26.0 Å². The highest BCUT2D eigenvalue weighted by Crippen LogP contribution is 2.25. The second-order valence-electron chi connectivity index (χ2n) is 7.31. The Morgan fingerprint density at radius 3 is 2.69 bits per heavy atom. The zero-order chi connectivity index (χ0) is 19.2. The molecule has 0 aliphatic rings. The normalized spacial score (nSPS) is 11.5. The molecule has 2 aromatic rings. The number of thiazole rings is 1. The average Bonchev–Trinajstić information content (AvgIpc) is 2.97. The Kier molecular flexibility index (Phi) is 6.88. The molecule has 1 aromatic heterocycles. The van der Waals surface area contributed by atoms with Crippen molar-refractivity contribution in [3.05, 3.63) is 46.4 Å². The Bertz CT molecular complexity index is 744. The zero-order valence-corrected chi connectivity index (χ0v) is 16.2. The minimum absolute atomic E-state index is 0.0398. The van der Waals surface area contributed by atoms with Gasteiger partial charge in [0.1, 0.15) is 0 Å². The zero-order valence-electron chi connectivity index (χ0n) is 15.4. The predicted molar refractivity (Wildman–Crippen MR) is 103 cm³/mol. The van der Waals surface area contributed by atoms with Gasteiger partial charge in [0.2, 0.25) is 5.91 Å². The van der Waals surface area contributed by atoms with Gasteiger partial charge >= 0.3 is 5.97 Å². The van der Waals surface area contributed by atoms with Crippen LogP contribution in [0.4, 0.5) is 5.69 Å². The lowest BCUT2D eigenvalue weighted by molar-refractivity contribution is -0.139. The third-order valence-electron chi connectivity index (χ3n) is 3.85. The maximum absolute atomic E-state index is 12.2. The molecule has 0 saturated heterocycles. The first-order chi connectivity index (χ1) is 12.2. The van der Waals surface area contributed by atoms with Gasteiger partial charge < -0.3 is 10.4 Å². The minimum atomic E-state index is -0.895. The molecule has 26 heavy (non-hydrogen) atoms. The Morgan fingerprint density at radius 1 is 1.27 bits per heavy atom. The van der Waals surface area contributed by atoms with Crippen LogP contribution in [0.3, 0.4) is 0 Å². The van der Waals surface area contributed by atoms with Crippen molar-refractivity contribution >= 4 is 28.9 Å². The number of aromatic nitrogens is 1. The second kappa shape index (κ2) is 8.91. The van der Waals surface area contributed by atoms with E-state index in [1.807, 2.05) is 42.2 Å². The largest absolute Gasteiger partial charge is 0.481 e. The van der Waals surface area contributed by atoms with Crippen molar-refractivity contribution in [3.63, 3.8) is 0 Å². The number of nitrogens with zero attached hydrogens (tertiary/aromatic N) is 2. The number of carbonyl (C=O) groups excluding carboxylic acids is 1. The van der Waals surface area contributed by atoms with E-state index in [2.05, 4.69) is 15.2 Å². The fraction of sp³-hybridized carbons (Fsp3) is 0.421. The van der Waals surface area contributed by atoms with Gasteiger partial charge in [-0.3, -0.25) is 14.5 Å². The van der Waals surface area contributed by atoms with Crippen molar-refractivity contribution in [1.82, 2.24) is 9.88 Å². The third-order valence-corrected chi connectivity index (χ3v) is 4.48. The number of nitrogens with one attached hydrogen (secondary N) is 1. The molecule has 0 saturated carbocycles. The average molecular weight is 375 g/mol. The van der Waals surface area contributed by atoms with E-state index in [0.29, 0.717) is 0 Å². The van der Waals surface area contributed by atoms with Crippen LogP contribution in [-0.2, 0) is 22.7 Å². The van der Waals surface area contributed by atoms with E-state index in [1.54, 1.807) is 25.2 Å². The summed E-state index contributed by atoms with van der Waals surface area (Å²) in [6.07, 6.45) is 0.120. The van der Waals surface area contributed by atoms with Crippen LogP contribution in [0.25, 0.3) is 0 Å². The maximum Gasteiger partial charge on any atom is 0.303 e. The van der Waals surface area contributed by atoms with E-state index in [9.17, 15) is 9.59 Å². The molecule has 0 bridgehead atoms. The molecule has 0 spiro atoms. The van der Waals surface area contributed by atoms with E-state index in [4.69, 9.17) is 5.11 Å². The number of carbonyl (C=O) groups is 2. The van der Waals surface area contributed by atoms with Crippen LogP contribution in [0.1, 0.15) is 37.9 Å². The van der Waals surface area contributed by atoms with Crippen molar-refractivity contribution in [2.24, 2.45) is 5.41 Å². The van der Waals surface area contributed by atoms with Gasteiger partial charge in [0.25, 0.3) is 0 Å². The molecule has 7 heteroatoms. The lowest BCUT2D eigenvalue weighted by Gasteiger charge is -2.21. The SMILES string of the molecule is CN(Cc1cccc(NC(=O)CC(C)(C)CC(=O)O)c1)Cc1cscn1. The van der Waals surface area contributed by atoms with Gasteiger partial charge in [-0.15, -0.1) is 11.3 Å². The summed E-state index contributed by atoms with van der Waals surface area (Å²) in [6.45, 7) is 5.07. The summed E-state index contributed by atoms with van der Waals surface area (Å²) in [6, 6.07) is 7.71. The molecule has 2 rings (SSSR count). The Morgan fingerprint density at radius 2 is 2.04 bits per heavy atom. The van der Waals surface area contributed by atoms with E-state index in [1.165, 1.54) is 0 Å². The highest BCUT2D eigenvalue weighted by atomic mass is 32.1. The molecule has 0 aliphatic heterocycles. The first kappa shape index (κ1) is 20.1. The van der Waals surface area contributed by atoms with Gasteiger partial charge in [-0.25, -0.2) is 4.98 Å². The van der Waals surface area contributed by atoms with Crippen molar-refractivity contribution in [2.75, 3.05) is 12.4 Å².